The molecule has 0 spiro atoms. The molecule has 2 heterocycles. The van der Waals surface area contributed by atoms with E-state index in [1.54, 1.807) is 23.3 Å². The molecule has 1 atom stereocenters. The number of piperidine rings is 1. The van der Waals surface area contributed by atoms with Crippen molar-refractivity contribution >= 4 is 47.4 Å². The number of hydrogen-bond acceptors (Lipinski definition) is 5. The molecule has 0 aliphatic carbocycles. The maximum atomic E-state index is 12.3. The van der Waals surface area contributed by atoms with Gasteiger partial charge in [0.2, 0.25) is 0 Å². The number of halogens is 1. The lowest BCUT2D eigenvalue weighted by atomic mass is 10.1. The summed E-state index contributed by atoms with van der Waals surface area (Å²) < 4.78 is 5.49. The fourth-order valence-electron chi connectivity index (χ4n) is 2.89. The zero-order chi connectivity index (χ0) is 19.9. The van der Waals surface area contributed by atoms with Gasteiger partial charge < -0.3 is 20.3 Å². The van der Waals surface area contributed by atoms with Crippen molar-refractivity contribution in [2.45, 2.75) is 65.0 Å². The first-order chi connectivity index (χ1) is 12.8. The van der Waals surface area contributed by atoms with Gasteiger partial charge in [-0.3, -0.25) is 4.99 Å². The van der Waals surface area contributed by atoms with Crippen LogP contribution in [0.2, 0.25) is 0 Å². The van der Waals surface area contributed by atoms with Crippen LogP contribution in [0.4, 0.5) is 4.79 Å². The van der Waals surface area contributed by atoms with Gasteiger partial charge in [0, 0.05) is 50.2 Å². The predicted molar refractivity (Wildman–Crippen MR) is 126 cm³/mol. The molecule has 9 heteroatoms. The molecule has 0 aromatic carbocycles. The zero-order valence-electron chi connectivity index (χ0n) is 17.6. The second kappa shape index (κ2) is 11.8. The quantitative estimate of drug-likeness (QED) is 0.351. The first-order valence-electron chi connectivity index (χ1n) is 9.69. The van der Waals surface area contributed by atoms with Crippen LogP contribution in [0.1, 0.15) is 50.4 Å². The summed E-state index contributed by atoms with van der Waals surface area (Å²) >= 11 is 1.77. The first-order valence-corrected chi connectivity index (χ1v) is 10.5. The van der Waals surface area contributed by atoms with Crippen molar-refractivity contribution in [3.8, 4) is 0 Å². The van der Waals surface area contributed by atoms with Gasteiger partial charge in [0.25, 0.3) is 0 Å². The number of nitrogens with one attached hydrogen (secondary N) is 2. The molecule has 2 rings (SSSR count). The number of ether oxygens (including phenoxy) is 1. The molecular weight excluding hydrogens is 489 g/mol. The van der Waals surface area contributed by atoms with Crippen LogP contribution < -0.4 is 10.6 Å². The predicted octanol–water partition coefficient (Wildman–Crippen LogP) is 3.43. The molecule has 0 bridgehead atoms. The van der Waals surface area contributed by atoms with Crippen molar-refractivity contribution < 1.29 is 9.53 Å². The summed E-state index contributed by atoms with van der Waals surface area (Å²) in [7, 11) is 1.77. The lowest BCUT2D eigenvalue weighted by Gasteiger charge is -2.35. The monoisotopic (exact) mass is 523 g/mol. The van der Waals surface area contributed by atoms with Gasteiger partial charge in [0.15, 0.2) is 5.96 Å². The summed E-state index contributed by atoms with van der Waals surface area (Å²) in [5.41, 5.74) is -0.470. The smallest absolute Gasteiger partial charge is 0.410 e. The van der Waals surface area contributed by atoms with Crippen molar-refractivity contribution in [3.63, 3.8) is 0 Å². The molecule has 1 fully saturated rings. The number of aromatic nitrogens is 1. The highest BCUT2D eigenvalue weighted by Gasteiger charge is 2.27. The van der Waals surface area contributed by atoms with Gasteiger partial charge >= 0.3 is 6.09 Å². The Morgan fingerprint density at radius 3 is 2.82 bits per heavy atom. The number of hydrogen-bond donors (Lipinski definition) is 2. The summed E-state index contributed by atoms with van der Waals surface area (Å²) in [6.07, 6.45) is 5.58. The summed E-state index contributed by atoms with van der Waals surface area (Å²) in [5, 5.41) is 7.92. The van der Waals surface area contributed by atoms with Crippen LogP contribution >= 0.6 is 35.3 Å². The molecule has 160 valence electrons. The minimum Gasteiger partial charge on any atom is -0.444 e. The fraction of sp³-hybridized carbons (Fsp3) is 0.737. The molecule has 1 saturated heterocycles. The van der Waals surface area contributed by atoms with Crippen molar-refractivity contribution in [1.82, 2.24) is 20.5 Å². The second-order valence-electron chi connectivity index (χ2n) is 7.73. The number of carbonyl (C=O) groups excluding carboxylic acids is 1. The van der Waals surface area contributed by atoms with E-state index in [4.69, 9.17) is 4.74 Å². The van der Waals surface area contributed by atoms with Gasteiger partial charge in [-0.05, 0) is 40.0 Å². The van der Waals surface area contributed by atoms with Crippen LogP contribution in [-0.2, 0) is 17.6 Å². The number of aryl methyl sites for hydroxylation is 1. The normalized spacial score (nSPS) is 17.7. The third kappa shape index (κ3) is 8.50. The largest absolute Gasteiger partial charge is 0.444 e. The standard InChI is InChI=1S/C19H33N5O2S.HI/c1-6-15-12-22-16(27-15)9-10-21-17(20-5)23-14-8-7-11-24(13-14)18(25)26-19(2,3)4;/h12,14H,6-11,13H2,1-5H3,(H2,20,21,23);1H. The van der Waals surface area contributed by atoms with Gasteiger partial charge in [-0.1, -0.05) is 6.92 Å². The molecular formula is C19H34IN5O2S. The number of rotatable bonds is 5. The van der Waals surface area contributed by atoms with Crippen molar-refractivity contribution in [2.75, 3.05) is 26.7 Å². The summed E-state index contributed by atoms with van der Waals surface area (Å²) in [6.45, 7) is 9.96. The van der Waals surface area contributed by atoms with Gasteiger partial charge in [-0.15, -0.1) is 35.3 Å². The molecule has 0 saturated carbocycles. The van der Waals surface area contributed by atoms with E-state index in [1.807, 2.05) is 27.0 Å². The lowest BCUT2D eigenvalue weighted by molar-refractivity contribution is 0.0193. The molecule has 1 amide bonds. The van der Waals surface area contributed by atoms with Crippen LogP contribution in [0.3, 0.4) is 0 Å². The Morgan fingerprint density at radius 2 is 2.21 bits per heavy atom. The van der Waals surface area contributed by atoms with Crippen molar-refractivity contribution in [2.24, 2.45) is 4.99 Å². The highest BCUT2D eigenvalue weighted by Crippen LogP contribution is 2.16. The van der Waals surface area contributed by atoms with Crippen LogP contribution in [-0.4, -0.2) is 60.3 Å². The number of carbonyl (C=O) groups is 1. The molecule has 1 aromatic heterocycles. The van der Waals surface area contributed by atoms with E-state index in [0.717, 1.165) is 49.7 Å². The van der Waals surface area contributed by atoms with Gasteiger partial charge in [-0.2, -0.15) is 0 Å². The highest BCUT2D eigenvalue weighted by molar-refractivity contribution is 14.0. The van der Waals surface area contributed by atoms with E-state index in [-0.39, 0.29) is 36.1 Å². The molecule has 1 aliphatic rings. The Bertz CT molecular complexity index is 645. The number of thiazole rings is 1. The summed E-state index contributed by atoms with van der Waals surface area (Å²) in [5.74, 6) is 0.762. The molecule has 28 heavy (non-hydrogen) atoms. The number of guanidine groups is 1. The van der Waals surface area contributed by atoms with E-state index in [1.165, 1.54) is 4.88 Å². The van der Waals surface area contributed by atoms with Gasteiger partial charge in [0.1, 0.15) is 5.60 Å². The number of nitrogens with zero attached hydrogens (tertiary/aromatic N) is 3. The van der Waals surface area contributed by atoms with Gasteiger partial charge in [0.05, 0.1) is 5.01 Å². The highest BCUT2D eigenvalue weighted by atomic mass is 127. The van der Waals surface area contributed by atoms with E-state index < -0.39 is 5.60 Å². The van der Waals surface area contributed by atoms with E-state index >= 15 is 0 Å². The number of aliphatic imine (C=N–C) groups is 1. The molecule has 1 unspecified atom stereocenters. The molecule has 0 radical (unpaired) electrons. The maximum Gasteiger partial charge on any atom is 0.410 e. The molecule has 2 N–H and O–H groups in total. The Kier molecular flexibility index (Phi) is 10.5. The lowest BCUT2D eigenvalue weighted by Crippen LogP contribution is -2.53. The van der Waals surface area contributed by atoms with E-state index in [0.29, 0.717) is 6.54 Å². The van der Waals surface area contributed by atoms with Crippen LogP contribution in [0, 0.1) is 0 Å². The SMILES string of the molecule is CCc1cnc(CCNC(=NC)NC2CCCN(C(=O)OC(C)(C)C)C2)s1.I. The Hall–Kier alpha value is -1.10. The topological polar surface area (TPSA) is 78.9 Å². The average molecular weight is 523 g/mol. The summed E-state index contributed by atoms with van der Waals surface area (Å²) in [4.78, 5) is 24.1. The molecule has 1 aliphatic heterocycles. The third-order valence-electron chi connectivity index (χ3n) is 4.22. The Labute approximate surface area is 189 Å². The maximum absolute atomic E-state index is 12.3. The van der Waals surface area contributed by atoms with Crippen LogP contribution in [0.5, 0.6) is 0 Å². The van der Waals surface area contributed by atoms with E-state index in [2.05, 4.69) is 27.5 Å². The average Bonchev–Trinajstić information content (AvgIpc) is 3.07. The van der Waals surface area contributed by atoms with E-state index in [9.17, 15) is 4.79 Å². The fourth-order valence-corrected chi connectivity index (χ4v) is 3.75. The first kappa shape index (κ1) is 24.9. The van der Waals surface area contributed by atoms with Crippen LogP contribution in [0.15, 0.2) is 11.2 Å². The van der Waals surface area contributed by atoms with Gasteiger partial charge in [-0.25, -0.2) is 9.78 Å². The summed E-state index contributed by atoms with van der Waals surface area (Å²) in [6, 6.07) is 0.170. The number of likely N-dealkylation sites (tertiary alicyclic amines) is 1. The zero-order valence-corrected chi connectivity index (χ0v) is 20.7. The van der Waals surface area contributed by atoms with Crippen molar-refractivity contribution in [3.05, 3.63) is 16.1 Å². The Morgan fingerprint density at radius 1 is 1.46 bits per heavy atom. The minimum absolute atomic E-state index is 0. The third-order valence-corrected chi connectivity index (χ3v) is 5.42. The van der Waals surface area contributed by atoms with Crippen LogP contribution in [0.25, 0.3) is 0 Å². The molecule has 1 aromatic rings. The second-order valence-corrected chi connectivity index (χ2v) is 8.93. The number of amides is 1. The Balaban J connectivity index is 0.00000392. The minimum atomic E-state index is -0.470. The molecule has 7 nitrogen and oxygen atoms in total. The van der Waals surface area contributed by atoms with Crippen molar-refractivity contribution in [1.29, 1.82) is 0 Å².